The average molecular weight is 384 g/mol. The number of hydrogen-bond donors (Lipinski definition) is 2. The molecule has 0 radical (unpaired) electrons. The molecule has 1 aromatic heterocycles. The van der Waals surface area contributed by atoms with Gasteiger partial charge in [0.1, 0.15) is 6.10 Å². The van der Waals surface area contributed by atoms with Gasteiger partial charge in [-0.25, -0.2) is 0 Å². The average Bonchev–Trinajstić information content (AvgIpc) is 3.29. The van der Waals surface area contributed by atoms with Crippen molar-refractivity contribution in [2.45, 2.75) is 25.1 Å². The van der Waals surface area contributed by atoms with Gasteiger partial charge in [-0.1, -0.05) is 0 Å². The van der Waals surface area contributed by atoms with Crippen LogP contribution in [0.4, 0.5) is 24.5 Å². The van der Waals surface area contributed by atoms with E-state index in [0.717, 1.165) is 18.6 Å². The van der Waals surface area contributed by atoms with Gasteiger partial charge in [-0.3, -0.25) is 9.59 Å². The topological polar surface area (TPSA) is 67.4 Å². The Balaban J connectivity index is 1.81. The smallest absolute Gasteiger partial charge is 0.368 e. The first kappa shape index (κ1) is 18.4. The van der Waals surface area contributed by atoms with Crippen LogP contribution in [0.1, 0.15) is 28.8 Å². The predicted molar refractivity (Wildman–Crippen MR) is 91.3 cm³/mol. The number of anilines is 2. The van der Waals surface area contributed by atoms with Crippen molar-refractivity contribution in [3.8, 4) is 0 Å². The van der Waals surface area contributed by atoms with E-state index in [1.807, 2.05) is 0 Å². The Labute approximate surface area is 151 Å². The SMILES string of the molecule is O=C(Nc1ccc(NC(=O)C2CCCO2)cc1C(F)(F)F)c1ccsc1. The number of carbonyl (C=O) groups excluding carboxylic acids is 2. The molecule has 0 aliphatic carbocycles. The Hall–Kier alpha value is -2.39. The quantitative estimate of drug-likeness (QED) is 0.833. The van der Waals surface area contributed by atoms with Gasteiger partial charge in [0.05, 0.1) is 16.8 Å². The second kappa shape index (κ2) is 7.46. The van der Waals surface area contributed by atoms with Gasteiger partial charge in [-0.05, 0) is 42.5 Å². The fourth-order valence-corrected chi connectivity index (χ4v) is 3.20. The Morgan fingerprint density at radius 1 is 1.19 bits per heavy atom. The summed E-state index contributed by atoms with van der Waals surface area (Å²) in [6.07, 6.45) is -4.07. The zero-order valence-corrected chi connectivity index (χ0v) is 14.2. The van der Waals surface area contributed by atoms with E-state index in [2.05, 4.69) is 10.6 Å². The van der Waals surface area contributed by atoms with Gasteiger partial charge >= 0.3 is 6.18 Å². The number of amides is 2. The molecule has 138 valence electrons. The Kier molecular flexibility index (Phi) is 5.28. The molecule has 1 saturated heterocycles. The lowest BCUT2D eigenvalue weighted by Crippen LogP contribution is -2.27. The molecule has 9 heteroatoms. The summed E-state index contributed by atoms with van der Waals surface area (Å²) < 4.78 is 45.3. The predicted octanol–water partition coefficient (Wildman–Crippen LogP) is 4.14. The third-order valence-corrected chi connectivity index (χ3v) is 4.53. The normalized spacial score (nSPS) is 17.1. The molecule has 0 saturated carbocycles. The van der Waals surface area contributed by atoms with Gasteiger partial charge in [-0.2, -0.15) is 24.5 Å². The van der Waals surface area contributed by atoms with Crippen LogP contribution in [0.25, 0.3) is 0 Å². The highest BCUT2D eigenvalue weighted by Crippen LogP contribution is 2.37. The van der Waals surface area contributed by atoms with Crippen LogP contribution in [0.3, 0.4) is 0 Å². The molecule has 0 bridgehead atoms. The Morgan fingerprint density at radius 3 is 2.62 bits per heavy atom. The van der Waals surface area contributed by atoms with E-state index in [1.165, 1.54) is 23.5 Å². The van der Waals surface area contributed by atoms with Crippen LogP contribution >= 0.6 is 11.3 Å². The number of nitrogens with one attached hydrogen (secondary N) is 2. The van der Waals surface area contributed by atoms with Crippen LogP contribution in [-0.4, -0.2) is 24.5 Å². The van der Waals surface area contributed by atoms with Crippen LogP contribution in [0.15, 0.2) is 35.0 Å². The zero-order chi connectivity index (χ0) is 18.7. The van der Waals surface area contributed by atoms with Gasteiger partial charge < -0.3 is 15.4 Å². The van der Waals surface area contributed by atoms with E-state index in [1.54, 1.807) is 10.8 Å². The largest absolute Gasteiger partial charge is 0.418 e. The molecule has 1 fully saturated rings. The Morgan fingerprint density at radius 2 is 2.00 bits per heavy atom. The summed E-state index contributed by atoms with van der Waals surface area (Å²) in [6.45, 7) is 0.458. The number of rotatable bonds is 4. The molecule has 26 heavy (non-hydrogen) atoms. The van der Waals surface area contributed by atoms with Crippen molar-refractivity contribution in [2.75, 3.05) is 17.2 Å². The molecular weight excluding hydrogens is 369 g/mol. The number of benzene rings is 1. The molecular formula is C17H15F3N2O3S. The third-order valence-electron chi connectivity index (χ3n) is 3.85. The number of thiophene rings is 1. The minimum Gasteiger partial charge on any atom is -0.368 e. The highest BCUT2D eigenvalue weighted by molar-refractivity contribution is 7.08. The van der Waals surface area contributed by atoms with E-state index < -0.39 is 29.7 Å². The minimum atomic E-state index is -4.69. The lowest BCUT2D eigenvalue weighted by Gasteiger charge is -2.16. The molecule has 0 spiro atoms. The van der Waals surface area contributed by atoms with Crippen molar-refractivity contribution >= 4 is 34.5 Å². The second-order valence-electron chi connectivity index (χ2n) is 5.72. The summed E-state index contributed by atoms with van der Waals surface area (Å²) >= 11 is 1.27. The summed E-state index contributed by atoms with van der Waals surface area (Å²) in [4.78, 5) is 24.0. The maximum Gasteiger partial charge on any atom is 0.418 e. The fourth-order valence-electron chi connectivity index (χ4n) is 2.56. The maximum absolute atomic E-state index is 13.4. The molecule has 5 nitrogen and oxygen atoms in total. The molecule has 2 amide bonds. The molecule has 2 N–H and O–H groups in total. The van der Waals surface area contributed by atoms with Gasteiger partial charge in [0, 0.05) is 17.7 Å². The van der Waals surface area contributed by atoms with Crippen molar-refractivity contribution < 1.29 is 27.5 Å². The first-order chi connectivity index (χ1) is 12.3. The number of halogens is 3. The van der Waals surface area contributed by atoms with Crippen LogP contribution in [0, 0.1) is 0 Å². The minimum absolute atomic E-state index is 0.00800. The van der Waals surface area contributed by atoms with Crippen molar-refractivity contribution in [3.63, 3.8) is 0 Å². The van der Waals surface area contributed by atoms with Crippen molar-refractivity contribution in [3.05, 3.63) is 46.2 Å². The molecule has 2 heterocycles. The lowest BCUT2D eigenvalue weighted by atomic mass is 10.1. The molecule has 1 aliphatic rings. The van der Waals surface area contributed by atoms with E-state index in [9.17, 15) is 22.8 Å². The molecule has 2 aromatic rings. The highest BCUT2D eigenvalue weighted by Gasteiger charge is 2.35. The third kappa shape index (κ3) is 4.23. The van der Waals surface area contributed by atoms with Crippen molar-refractivity contribution in [2.24, 2.45) is 0 Å². The fraction of sp³-hybridized carbons (Fsp3) is 0.294. The van der Waals surface area contributed by atoms with Gasteiger partial charge in [0.2, 0.25) is 0 Å². The molecule has 3 rings (SSSR count). The lowest BCUT2D eigenvalue weighted by molar-refractivity contribution is -0.137. The summed E-state index contributed by atoms with van der Waals surface area (Å²) in [5.74, 6) is -1.11. The van der Waals surface area contributed by atoms with Crippen molar-refractivity contribution in [1.82, 2.24) is 0 Å². The molecule has 1 aliphatic heterocycles. The Bertz CT molecular complexity index is 800. The van der Waals surface area contributed by atoms with E-state index >= 15 is 0 Å². The highest BCUT2D eigenvalue weighted by atomic mass is 32.1. The van der Waals surface area contributed by atoms with Crippen LogP contribution in [0.5, 0.6) is 0 Å². The molecule has 1 unspecified atom stereocenters. The summed E-state index contributed by atoms with van der Waals surface area (Å²) in [7, 11) is 0. The first-order valence-electron chi connectivity index (χ1n) is 7.82. The summed E-state index contributed by atoms with van der Waals surface area (Å²) in [5, 5.41) is 7.89. The summed E-state index contributed by atoms with van der Waals surface area (Å²) in [5.41, 5.74) is -1.14. The molecule has 1 aromatic carbocycles. The maximum atomic E-state index is 13.4. The van der Waals surface area contributed by atoms with Crippen LogP contribution in [0.2, 0.25) is 0 Å². The van der Waals surface area contributed by atoms with E-state index in [0.29, 0.717) is 13.0 Å². The van der Waals surface area contributed by atoms with Gasteiger partial charge in [0.15, 0.2) is 0 Å². The van der Waals surface area contributed by atoms with Crippen LogP contribution in [-0.2, 0) is 15.7 Å². The summed E-state index contributed by atoms with van der Waals surface area (Å²) in [6, 6.07) is 4.75. The number of hydrogen-bond acceptors (Lipinski definition) is 4. The van der Waals surface area contributed by atoms with E-state index in [-0.39, 0.29) is 16.9 Å². The monoisotopic (exact) mass is 384 g/mol. The zero-order valence-electron chi connectivity index (χ0n) is 13.4. The molecule has 1 atom stereocenters. The van der Waals surface area contributed by atoms with Gasteiger partial charge in [0.25, 0.3) is 11.8 Å². The standard InChI is InChI=1S/C17H15F3N2O3S/c18-17(19,20)12-8-11(21-16(24)14-2-1-6-25-14)3-4-13(12)22-15(23)10-5-7-26-9-10/h3-5,7-9,14H,1-2,6H2,(H,21,24)(H,22,23). The van der Waals surface area contributed by atoms with Crippen molar-refractivity contribution in [1.29, 1.82) is 0 Å². The number of alkyl halides is 3. The van der Waals surface area contributed by atoms with Gasteiger partial charge in [-0.15, -0.1) is 0 Å². The second-order valence-corrected chi connectivity index (χ2v) is 6.50. The number of ether oxygens (including phenoxy) is 1. The van der Waals surface area contributed by atoms with E-state index in [4.69, 9.17) is 4.74 Å². The first-order valence-corrected chi connectivity index (χ1v) is 8.76. The van der Waals surface area contributed by atoms with Crippen LogP contribution < -0.4 is 10.6 Å². The number of carbonyl (C=O) groups is 2.